The lowest BCUT2D eigenvalue weighted by Gasteiger charge is -2.27. The summed E-state index contributed by atoms with van der Waals surface area (Å²) in [6, 6.07) is 13.8. The summed E-state index contributed by atoms with van der Waals surface area (Å²) in [5, 5.41) is 7.87. The monoisotopic (exact) mass is 380 g/mol. The van der Waals surface area contributed by atoms with Crippen molar-refractivity contribution in [1.29, 1.82) is 0 Å². The van der Waals surface area contributed by atoms with Gasteiger partial charge in [0.05, 0.1) is 17.4 Å². The van der Waals surface area contributed by atoms with E-state index in [1.807, 2.05) is 12.1 Å². The van der Waals surface area contributed by atoms with E-state index in [1.54, 1.807) is 29.2 Å². The number of carbonyl (C=O) groups excluding carboxylic acids is 1. The first-order chi connectivity index (χ1) is 13.1. The number of hydrogen-bond acceptors (Lipinski definition) is 3. The summed E-state index contributed by atoms with van der Waals surface area (Å²) < 4.78 is 1.65. The Kier molecular flexibility index (Phi) is 4.86. The summed E-state index contributed by atoms with van der Waals surface area (Å²) in [5.41, 5.74) is 5.09. The number of rotatable bonds is 4. The molecule has 0 fully saturated rings. The third-order valence-electron chi connectivity index (χ3n) is 4.87. The number of fused-ring (bicyclic) bond motifs is 1. The summed E-state index contributed by atoms with van der Waals surface area (Å²) in [5.74, 6) is -0.141. The molecule has 1 aliphatic rings. The van der Waals surface area contributed by atoms with Crippen LogP contribution in [0.15, 0.2) is 54.9 Å². The molecule has 0 spiro atoms. The third-order valence-corrected chi connectivity index (χ3v) is 5.10. The van der Waals surface area contributed by atoms with E-state index in [1.165, 1.54) is 17.7 Å². The largest absolute Gasteiger partial charge is 0.374 e. The van der Waals surface area contributed by atoms with E-state index in [-0.39, 0.29) is 5.91 Å². The maximum Gasteiger partial charge on any atom is 0.254 e. The molecule has 0 radical (unpaired) electrons. The number of amides is 1. The van der Waals surface area contributed by atoms with Gasteiger partial charge in [-0.15, -0.1) is 0 Å². The standard InChI is InChI=1S/C21H21ClN4O/c1-25-9-3-4-16-10-15(7-8-20(16)25)12-23-21(27)17-13-24-26(14-17)19-6-2-5-18(22)11-19/h2,5-8,10-11,13-14H,3-4,9,12H2,1H3,(H,23,27). The lowest BCUT2D eigenvalue weighted by atomic mass is 9.99. The molecule has 1 N–H and O–H groups in total. The fourth-order valence-electron chi connectivity index (χ4n) is 3.43. The predicted molar refractivity (Wildman–Crippen MR) is 108 cm³/mol. The van der Waals surface area contributed by atoms with Crippen molar-refractivity contribution in [3.8, 4) is 5.69 Å². The number of aryl methyl sites for hydroxylation is 1. The van der Waals surface area contributed by atoms with E-state index < -0.39 is 0 Å². The van der Waals surface area contributed by atoms with Gasteiger partial charge in [-0.3, -0.25) is 4.79 Å². The summed E-state index contributed by atoms with van der Waals surface area (Å²) >= 11 is 6.02. The van der Waals surface area contributed by atoms with Gasteiger partial charge < -0.3 is 10.2 Å². The van der Waals surface area contributed by atoms with Gasteiger partial charge in [-0.1, -0.05) is 29.8 Å². The highest BCUT2D eigenvalue weighted by atomic mass is 35.5. The van der Waals surface area contributed by atoms with Gasteiger partial charge in [0.2, 0.25) is 0 Å². The average molecular weight is 381 g/mol. The first-order valence-corrected chi connectivity index (χ1v) is 9.40. The molecule has 6 heteroatoms. The zero-order valence-corrected chi connectivity index (χ0v) is 15.9. The van der Waals surface area contributed by atoms with Gasteiger partial charge in [-0.05, 0) is 48.2 Å². The van der Waals surface area contributed by atoms with Crippen molar-refractivity contribution >= 4 is 23.2 Å². The molecule has 27 heavy (non-hydrogen) atoms. The van der Waals surface area contributed by atoms with E-state index in [2.05, 4.69) is 40.6 Å². The molecule has 0 saturated heterocycles. The van der Waals surface area contributed by atoms with Crippen molar-refractivity contribution in [1.82, 2.24) is 15.1 Å². The highest BCUT2D eigenvalue weighted by molar-refractivity contribution is 6.30. The molecule has 1 aliphatic heterocycles. The minimum Gasteiger partial charge on any atom is -0.374 e. The van der Waals surface area contributed by atoms with Gasteiger partial charge in [-0.25, -0.2) is 4.68 Å². The van der Waals surface area contributed by atoms with Crippen LogP contribution in [0.25, 0.3) is 5.69 Å². The zero-order chi connectivity index (χ0) is 18.8. The number of benzene rings is 2. The van der Waals surface area contributed by atoms with Crippen LogP contribution in [0, 0.1) is 0 Å². The molecule has 2 heterocycles. The summed E-state index contributed by atoms with van der Waals surface area (Å²) in [6.07, 6.45) is 5.54. The van der Waals surface area contributed by atoms with Crippen molar-refractivity contribution < 1.29 is 4.79 Å². The number of nitrogens with one attached hydrogen (secondary N) is 1. The molecule has 0 atom stereocenters. The summed E-state index contributed by atoms with van der Waals surface area (Å²) in [7, 11) is 2.12. The average Bonchev–Trinajstić information content (AvgIpc) is 3.17. The van der Waals surface area contributed by atoms with Crippen molar-refractivity contribution in [2.45, 2.75) is 19.4 Å². The SMILES string of the molecule is CN1CCCc2cc(CNC(=O)c3cnn(-c4cccc(Cl)c4)c3)ccc21. The van der Waals surface area contributed by atoms with E-state index in [0.29, 0.717) is 17.1 Å². The van der Waals surface area contributed by atoms with Crippen LogP contribution < -0.4 is 10.2 Å². The fraction of sp³-hybridized carbons (Fsp3) is 0.238. The van der Waals surface area contributed by atoms with Crippen LogP contribution in [-0.4, -0.2) is 29.3 Å². The van der Waals surface area contributed by atoms with Crippen molar-refractivity contribution in [3.63, 3.8) is 0 Å². The Balaban J connectivity index is 1.43. The zero-order valence-electron chi connectivity index (χ0n) is 15.2. The third kappa shape index (κ3) is 3.83. The van der Waals surface area contributed by atoms with Gasteiger partial charge in [-0.2, -0.15) is 5.10 Å². The Morgan fingerprint density at radius 3 is 3.00 bits per heavy atom. The molecule has 0 unspecified atom stereocenters. The molecular weight excluding hydrogens is 360 g/mol. The van der Waals surface area contributed by atoms with Crippen LogP contribution in [0.1, 0.15) is 27.9 Å². The minimum absolute atomic E-state index is 0.141. The molecule has 0 saturated carbocycles. The molecule has 0 bridgehead atoms. The van der Waals surface area contributed by atoms with Crippen molar-refractivity contribution in [2.24, 2.45) is 0 Å². The Morgan fingerprint density at radius 1 is 1.26 bits per heavy atom. The van der Waals surface area contributed by atoms with Gasteiger partial charge in [0.15, 0.2) is 0 Å². The van der Waals surface area contributed by atoms with E-state index in [9.17, 15) is 4.79 Å². The number of carbonyl (C=O) groups is 1. The Bertz CT molecular complexity index is 982. The second-order valence-electron chi connectivity index (χ2n) is 6.82. The smallest absolute Gasteiger partial charge is 0.254 e. The van der Waals surface area contributed by atoms with Crippen LogP contribution in [0.5, 0.6) is 0 Å². The lowest BCUT2D eigenvalue weighted by molar-refractivity contribution is 0.0951. The minimum atomic E-state index is -0.141. The fourth-order valence-corrected chi connectivity index (χ4v) is 3.62. The molecule has 1 amide bonds. The Labute approximate surface area is 163 Å². The van der Waals surface area contributed by atoms with E-state index in [0.717, 1.165) is 24.2 Å². The van der Waals surface area contributed by atoms with Gasteiger partial charge in [0, 0.05) is 37.0 Å². The van der Waals surface area contributed by atoms with Crippen LogP contribution in [0.2, 0.25) is 5.02 Å². The Hall–Kier alpha value is -2.79. The van der Waals surface area contributed by atoms with Gasteiger partial charge in [0.25, 0.3) is 5.91 Å². The highest BCUT2D eigenvalue weighted by Crippen LogP contribution is 2.26. The van der Waals surface area contributed by atoms with E-state index >= 15 is 0 Å². The van der Waals surface area contributed by atoms with E-state index in [4.69, 9.17) is 11.6 Å². The molecule has 2 aromatic carbocycles. The molecule has 138 valence electrons. The molecular formula is C21H21ClN4O. The van der Waals surface area contributed by atoms with Gasteiger partial charge >= 0.3 is 0 Å². The molecule has 4 rings (SSSR count). The second kappa shape index (κ2) is 7.45. The summed E-state index contributed by atoms with van der Waals surface area (Å²) in [6.45, 7) is 1.60. The number of hydrogen-bond donors (Lipinski definition) is 1. The maximum atomic E-state index is 12.5. The first kappa shape index (κ1) is 17.6. The van der Waals surface area contributed by atoms with Crippen LogP contribution in [0.4, 0.5) is 5.69 Å². The summed E-state index contributed by atoms with van der Waals surface area (Å²) in [4.78, 5) is 14.8. The molecule has 0 aliphatic carbocycles. The van der Waals surface area contributed by atoms with Crippen molar-refractivity contribution in [2.75, 3.05) is 18.5 Å². The Morgan fingerprint density at radius 2 is 2.15 bits per heavy atom. The van der Waals surface area contributed by atoms with Gasteiger partial charge in [0.1, 0.15) is 0 Å². The first-order valence-electron chi connectivity index (χ1n) is 9.02. The van der Waals surface area contributed by atoms with Crippen LogP contribution in [-0.2, 0) is 13.0 Å². The quantitative estimate of drug-likeness (QED) is 0.748. The number of nitrogens with zero attached hydrogens (tertiary/aromatic N) is 3. The predicted octanol–water partition coefficient (Wildman–Crippen LogP) is 3.84. The number of anilines is 1. The maximum absolute atomic E-state index is 12.5. The highest BCUT2D eigenvalue weighted by Gasteiger charge is 2.14. The number of halogens is 1. The molecule has 5 nitrogen and oxygen atoms in total. The van der Waals surface area contributed by atoms with Crippen LogP contribution >= 0.6 is 11.6 Å². The van der Waals surface area contributed by atoms with Crippen LogP contribution in [0.3, 0.4) is 0 Å². The number of aromatic nitrogens is 2. The van der Waals surface area contributed by atoms with Crippen molar-refractivity contribution in [3.05, 3.63) is 76.6 Å². The normalized spacial score (nSPS) is 13.3. The topological polar surface area (TPSA) is 50.2 Å². The molecule has 3 aromatic rings. The lowest BCUT2D eigenvalue weighted by Crippen LogP contribution is -2.25. The molecule has 1 aromatic heterocycles. The second-order valence-corrected chi connectivity index (χ2v) is 7.26.